The highest BCUT2D eigenvalue weighted by molar-refractivity contribution is 6.05. The predicted molar refractivity (Wildman–Crippen MR) is 69.2 cm³/mol. The molecule has 2 aromatic rings. The van der Waals surface area contributed by atoms with Crippen LogP contribution in [0.2, 0.25) is 0 Å². The van der Waals surface area contributed by atoms with Crippen molar-refractivity contribution in [3.63, 3.8) is 0 Å². The summed E-state index contributed by atoms with van der Waals surface area (Å²) in [6, 6.07) is 1.78. The Balaban J connectivity index is 2.14. The van der Waals surface area contributed by atoms with Gasteiger partial charge in [0.05, 0.1) is 11.9 Å². The smallest absolute Gasteiger partial charge is 0.203 e. The molecule has 0 spiro atoms. The van der Waals surface area contributed by atoms with Gasteiger partial charge in [0.1, 0.15) is 5.69 Å². The molecule has 0 aliphatic heterocycles. The van der Waals surface area contributed by atoms with Gasteiger partial charge in [0.25, 0.3) is 0 Å². The number of hydrogen-bond donors (Lipinski definition) is 0. The number of aryl methyl sites for hydroxylation is 3. The Kier molecular flexibility index (Phi) is 3.41. The Hall–Kier alpha value is -2.17. The largest absolute Gasteiger partial charge is 0.288 e. The summed E-state index contributed by atoms with van der Waals surface area (Å²) >= 11 is 0. The van der Waals surface area contributed by atoms with Crippen LogP contribution in [-0.4, -0.2) is 25.3 Å². The van der Waals surface area contributed by atoms with Crippen LogP contribution in [0.25, 0.3) is 6.08 Å². The van der Waals surface area contributed by atoms with Gasteiger partial charge in [0.2, 0.25) is 5.78 Å². The molecule has 2 aromatic heterocycles. The molecule has 5 nitrogen and oxygen atoms in total. The molecule has 0 saturated carbocycles. The van der Waals surface area contributed by atoms with Crippen LogP contribution in [-0.2, 0) is 13.6 Å². The summed E-state index contributed by atoms with van der Waals surface area (Å²) in [5.41, 5.74) is 2.35. The van der Waals surface area contributed by atoms with Crippen molar-refractivity contribution in [1.82, 2.24) is 19.6 Å². The van der Waals surface area contributed by atoms with E-state index in [1.165, 1.54) is 0 Å². The van der Waals surface area contributed by atoms with Crippen molar-refractivity contribution in [3.05, 3.63) is 41.5 Å². The average molecular weight is 244 g/mol. The van der Waals surface area contributed by atoms with Gasteiger partial charge in [0.15, 0.2) is 0 Å². The van der Waals surface area contributed by atoms with Crippen molar-refractivity contribution in [1.29, 1.82) is 0 Å². The first kappa shape index (κ1) is 12.3. The number of aromatic nitrogens is 4. The maximum atomic E-state index is 12.0. The molecule has 0 aromatic carbocycles. The highest BCUT2D eigenvalue weighted by Crippen LogP contribution is 2.06. The second kappa shape index (κ2) is 5.00. The van der Waals surface area contributed by atoms with Crippen molar-refractivity contribution in [2.45, 2.75) is 20.4 Å². The van der Waals surface area contributed by atoms with E-state index in [2.05, 4.69) is 10.2 Å². The molecule has 18 heavy (non-hydrogen) atoms. The fourth-order valence-electron chi connectivity index (χ4n) is 1.74. The summed E-state index contributed by atoms with van der Waals surface area (Å²) in [4.78, 5) is 12.0. The molecule has 5 heteroatoms. The molecular weight excluding hydrogens is 228 g/mol. The lowest BCUT2D eigenvalue weighted by Crippen LogP contribution is -2.03. The lowest BCUT2D eigenvalue weighted by Gasteiger charge is -1.94. The van der Waals surface area contributed by atoms with Gasteiger partial charge in [-0.2, -0.15) is 10.2 Å². The van der Waals surface area contributed by atoms with Gasteiger partial charge in [-0.1, -0.05) is 0 Å². The quantitative estimate of drug-likeness (QED) is 0.609. The van der Waals surface area contributed by atoms with Crippen LogP contribution >= 0.6 is 0 Å². The van der Waals surface area contributed by atoms with Crippen LogP contribution in [0.1, 0.15) is 28.7 Å². The molecule has 0 bridgehead atoms. The Morgan fingerprint density at radius 2 is 2.28 bits per heavy atom. The van der Waals surface area contributed by atoms with Crippen LogP contribution < -0.4 is 0 Å². The number of allylic oxidation sites excluding steroid dienone is 1. The molecule has 0 aliphatic rings. The van der Waals surface area contributed by atoms with Crippen molar-refractivity contribution in [2.75, 3.05) is 0 Å². The van der Waals surface area contributed by atoms with Gasteiger partial charge in [-0.15, -0.1) is 0 Å². The molecule has 94 valence electrons. The minimum Gasteiger partial charge on any atom is -0.288 e. The van der Waals surface area contributed by atoms with Gasteiger partial charge >= 0.3 is 0 Å². The number of nitrogens with zero attached hydrogens (tertiary/aromatic N) is 4. The van der Waals surface area contributed by atoms with Gasteiger partial charge in [-0.05, 0) is 32.1 Å². The average Bonchev–Trinajstić information content (AvgIpc) is 2.92. The molecule has 2 rings (SSSR count). The van der Waals surface area contributed by atoms with E-state index in [4.69, 9.17) is 0 Å². The first-order valence-corrected chi connectivity index (χ1v) is 5.85. The van der Waals surface area contributed by atoms with Crippen molar-refractivity contribution in [3.8, 4) is 0 Å². The van der Waals surface area contributed by atoms with Crippen LogP contribution in [0, 0.1) is 6.92 Å². The third-order valence-electron chi connectivity index (χ3n) is 2.66. The summed E-state index contributed by atoms with van der Waals surface area (Å²) in [7, 11) is 1.77. The van der Waals surface area contributed by atoms with E-state index in [-0.39, 0.29) is 5.78 Å². The van der Waals surface area contributed by atoms with E-state index in [9.17, 15) is 4.79 Å². The molecule has 0 atom stereocenters. The van der Waals surface area contributed by atoms with Crippen LogP contribution in [0.4, 0.5) is 0 Å². The summed E-state index contributed by atoms with van der Waals surface area (Å²) in [6.45, 7) is 4.71. The SMILES string of the molecule is CCn1cc(/C=C/C(=O)c2cc(C)nn2C)cn1. The van der Waals surface area contributed by atoms with Crippen molar-refractivity contribution in [2.24, 2.45) is 7.05 Å². The summed E-state index contributed by atoms with van der Waals surface area (Å²) in [6.07, 6.45) is 6.96. The second-order valence-corrected chi connectivity index (χ2v) is 4.12. The van der Waals surface area contributed by atoms with Gasteiger partial charge in [0, 0.05) is 25.4 Å². The fourth-order valence-corrected chi connectivity index (χ4v) is 1.74. The second-order valence-electron chi connectivity index (χ2n) is 4.12. The van der Waals surface area contributed by atoms with E-state index in [1.807, 2.05) is 24.7 Å². The topological polar surface area (TPSA) is 52.7 Å². The van der Waals surface area contributed by atoms with Crippen LogP contribution in [0.15, 0.2) is 24.5 Å². The molecule has 0 radical (unpaired) electrons. The van der Waals surface area contributed by atoms with Gasteiger partial charge < -0.3 is 0 Å². The van der Waals surface area contributed by atoms with E-state index >= 15 is 0 Å². The predicted octanol–water partition coefficient (Wildman–Crippen LogP) is 1.84. The molecule has 0 N–H and O–H groups in total. The normalized spacial score (nSPS) is 11.3. The van der Waals surface area contributed by atoms with E-state index in [0.717, 1.165) is 17.8 Å². The van der Waals surface area contributed by atoms with Crippen LogP contribution in [0.5, 0.6) is 0 Å². The number of carbonyl (C=O) groups is 1. The molecule has 0 unspecified atom stereocenters. The summed E-state index contributed by atoms with van der Waals surface area (Å²) in [5, 5.41) is 8.29. The lowest BCUT2D eigenvalue weighted by molar-refractivity contribution is 0.103. The first-order valence-electron chi connectivity index (χ1n) is 5.85. The standard InChI is InChI=1S/C13H16N4O/c1-4-17-9-11(8-14-17)5-6-13(18)12-7-10(2)15-16(12)3/h5-9H,4H2,1-3H3/b6-5+. The number of hydrogen-bond acceptors (Lipinski definition) is 3. The number of ketones is 1. The summed E-state index contributed by atoms with van der Waals surface area (Å²) < 4.78 is 3.41. The number of rotatable bonds is 4. The fraction of sp³-hybridized carbons (Fsp3) is 0.308. The lowest BCUT2D eigenvalue weighted by atomic mass is 10.2. The summed E-state index contributed by atoms with van der Waals surface area (Å²) in [5.74, 6) is -0.0534. The minimum absolute atomic E-state index is 0.0534. The zero-order valence-electron chi connectivity index (χ0n) is 10.8. The third-order valence-corrected chi connectivity index (χ3v) is 2.66. The zero-order valence-corrected chi connectivity index (χ0v) is 10.8. The van der Waals surface area contributed by atoms with Crippen molar-refractivity contribution < 1.29 is 4.79 Å². The third kappa shape index (κ3) is 2.56. The highest BCUT2D eigenvalue weighted by atomic mass is 16.1. The molecular formula is C13H16N4O. The Labute approximate surface area is 106 Å². The first-order chi connectivity index (χ1) is 8.60. The van der Waals surface area contributed by atoms with E-state index < -0.39 is 0 Å². The van der Waals surface area contributed by atoms with E-state index in [1.54, 1.807) is 36.1 Å². The number of carbonyl (C=O) groups excluding carboxylic acids is 1. The zero-order chi connectivity index (χ0) is 13.1. The molecule has 0 aliphatic carbocycles. The van der Waals surface area contributed by atoms with Gasteiger partial charge in [-0.3, -0.25) is 14.2 Å². The molecule has 0 fully saturated rings. The van der Waals surface area contributed by atoms with Crippen molar-refractivity contribution >= 4 is 11.9 Å². The van der Waals surface area contributed by atoms with E-state index in [0.29, 0.717) is 5.69 Å². The minimum atomic E-state index is -0.0534. The molecule has 2 heterocycles. The molecule has 0 amide bonds. The maximum absolute atomic E-state index is 12.0. The Morgan fingerprint density at radius 1 is 1.50 bits per heavy atom. The highest BCUT2D eigenvalue weighted by Gasteiger charge is 2.08. The molecule has 0 saturated heterocycles. The monoisotopic (exact) mass is 244 g/mol. The Morgan fingerprint density at radius 3 is 2.83 bits per heavy atom. The van der Waals surface area contributed by atoms with Crippen LogP contribution in [0.3, 0.4) is 0 Å². The van der Waals surface area contributed by atoms with Gasteiger partial charge in [-0.25, -0.2) is 0 Å². The maximum Gasteiger partial charge on any atom is 0.203 e. The Bertz CT molecular complexity index is 592.